The van der Waals surface area contributed by atoms with Gasteiger partial charge in [0.2, 0.25) is 0 Å². The van der Waals surface area contributed by atoms with Crippen LogP contribution in [0.5, 0.6) is 5.75 Å². The van der Waals surface area contributed by atoms with Gasteiger partial charge in [0, 0.05) is 5.56 Å². The normalized spacial score (nSPS) is 10.1. The molecule has 0 aliphatic carbocycles. The van der Waals surface area contributed by atoms with Crippen molar-refractivity contribution >= 4 is 11.6 Å². The first-order valence-electron chi connectivity index (χ1n) is 6.49. The van der Waals surface area contributed by atoms with Gasteiger partial charge in [-0.25, -0.2) is 0 Å². The summed E-state index contributed by atoms with van der Waals surface area (Å²) in [5.41, 5.74) is 8.07. The lowest BCUT2D eigenvalue weighted by Crippen LogP contribution is -2.28. The Morgan fingerprint density at radius 1 is 1.20 bits per heavy atom. The fraction of sp³-hybridized carbons (Fsp3) is 0.188. The second-order valence-corrected chi connectivity index (χ2v) is 4.51. The van der Waals surface area contributed by atoms with Crippen LogP contribution >= 0.6 is 0 Å². The van der Waals surface area contributed by atoms with Crippen molar-refractivity contribution in [3.05, 3.63) is 59.7 Å². The zero-order valence-electron chi connectivity index (χ0n) is 11.4. The monoisotopic (exact) mass is 270 g/mol. The van der Waals surface area contributed by atoms with Crippen LogP contribution in [0.25, 0.3) is 0 Å². The van der Waals surface area contributed by atoms with Crippen LogP contribution < -0.4 is 15.8 Å². The molecule has 0 unspecified atom stereocenters. The number of amides is 1. The molecule has 0 fully saturated rings. The minimum absolute atomic E-state index is 0.0988. The predicted molar refractivity (Wildman–Crippen MR) is 79.9 cm³/mol. The number of carbonyl (C=O) groups is 1. The molecule has 3 N–H and O–H groups in total. The standard InChI is InChI=1S/C16H18N2O2/c1-12-5-4-6-13(11-12)16(19)18-9-10-20-15-8-3-2-7-14(15)17/h2-8,11H,9-10,17H2,1H3,(H,18,19). The zero-order valence-corrected chi connectivity index (χ0v) is 11.4. The van der Waals surface area contributed by atoms with E-state index in [-0.39, 0.29) is 5.91 Å². The smallest absolute Gasteiger partial charge is 0.251 e. The fourth-order valence-electron chi connectivity index (χ4n) is 1.83. The summed E-state index contributed by atoms with van der Waals surface area (Å²) in [5.74, 6) is 0.538. The van der Waals surface area contributed by atoms with E-state index in [2.05, 4.69) is 5.32 Å². The highest BCUT2D eigenvalue weighted by Gasteiger charge is 2.04. The topological polar surface area (TPSA) is 64.3 Å². The van der Waals surface area contributed by atoms with E-state index < -0.39 is 0 Å². The molecule has 0 saturated carbocycles. The minimum Gasteiger partial charge on any atom is -0.490 e. The Kier molecular flexibility index (Phi) is 4.60. The Labute approximate surface area is 118 Å². The number of nitrogen functional groups attached to an aromatic ring is 1. The Hall–Kier alpha value is -2.49. The molecule has 0 bridgehead atoms. The number of ether oxygens (including phenoxy) is 1. The van der Waals surface area contributed by atoms with Crippen molar-refractivity contribution < 1.29 is 9.53 Å². The van der Waals surface area contributed by atoms with E-state index in [9.17, 15) is 4.79 Å². The SMILES string of the molecule is Cc1cccc(C(=O)NCCOc2ccccc2N)c1. The van der Waals surface area contributed by atoms with Crippen LogP contribution in [0, 0.1) is 6.92 Å². The van der Waals surface area contributed by atoms with E-state index >= 15 is 0 Å². The first-order valence-corrected chi connectivity index (χ1v) is 6.49. The zero-order chi connectivity index (χ0) is 14.4. The van der Waals surface area contributed by atoms with Gasteiger partial charge in [-0.1, -0.05) is 29.8 Å². The van der Waals surface area contributed by atoms with Gasteiger partial charge in [0.25, 0.3) is 5.91 Å². The molecule has 0 aromatic heterocycles. The average Bonchev–Trinajstić information content (AvgIpc) is 2.45. The van der Waals surface area contributed by atoms with E-state index in [1.807, 2.05) is 37.3 Å². The number of benzene rings is 2. The van der Waals surface area contributed by atoms with Gasteiger partial charge in [-0.15, -0.1) is 0 Å². The first-order chi connectivity index (χ1) is 9.66. The van der Waals surface area contributed by atoms with Crippen LogP contribution in [0.2, 0.25) is 0 Å². The van der Waals surface area contributed by atoms with Gasteiger partial charge >= 0.3 is 0 Å². The second-order valence-electron chi connectivity index (χ2n) is 4.51. The van der Waals surface area contributed by atoms with Gasteiger partial charge < -0.3 is 15.8 Å². The third kappa shape index (κ3) is 3.75. The Morgan fingerprint density at radius 3 is 2.75 bits per heavy atom. The maximum atomic E-state index is 11.9. The van der Waals surface area contributed by atoms with Crippen molar-refractivity contribution in [2.75, 3.05) is 18.9 Å². The van der Waals surface area contributed by atoms with Crippen molar-refractivity contribution in [3.8, 4) is 5.75 Å². The van der Waals surface area contributed by atoms with Crippen LogP contribution in [0.1, 0.15) is 15.9 Å². The molecule has 1 amide bonds. The summed E-state index contributed by atoms with van der Waals surface area (Å²) in [4.78, 5) is 11.9. The molecular formula is C16H18N2O2. The molecule has 2 aromatic carbocycles. The molecule has 0 heterocycles. The maximum Gasteiger partial charge on any atom is 0.251 e. The lowest BCUT2D eigenvalue weighted by molar-refractivity contribution is 0.0947. The minimum atomic E-state index is -0.0988. The van der Waals surface area contributed by atoms with Crippen molar-refractivity contribution in [1.29, 1.82) is 0 Å². The number of aryl methyl sites for hydroxylation is 1. The van der Waals surface area contributed by atoms with Crippen molar-refractivity contribution in [1.82, 2.24) is 5.32 Å². The van der Waals surface area contributed by atoms with E-state index in [1.54, 1.807) is 18.2 Å². The lowest BCUT2D eigenvalue weighted by atomic mass is 10.1. The summed E-state index contributed by atoms with van der Waals surface area (Å²) in [7, 11) is 0. The summed E-state index contributed by atoms with van der Waals surface area (Å²) < 4.78 is 5.51. The molecule has 0 aliphatic rings. The number of hydrogen-bond acceptors (Lipinski definition) is 3. The third-order valence-corrected chi connectivity index (χ3v) is 2.84. The molecule has 20 heavy (non-hydrogen) atoms. The molecule has 4 nitrogen and oxygen atoms in total. The molecule has 2 rings (SSSR count). The number of rotatable bonds is 5. The molecule has 0 spiro atoms. The van der Waals surface area contributed by atoms with Gasteiger partial charge in [-0.05, 0) is 31.2 Å². The summed E-state index contributed by atoms with van der Waals surface area (Å²) >= 11 is 0. The largest absolute Gasteiger partial charge is 0.490 e. The maximum absolute atomic E-state index is 11.9. The highest BCUT2D eigenvalue weighted by molar-refractivity contribution is 5.94. The Balaban J connectivity index is 1.79. The Bertz CT molecular complexity index is 597. The van der Waals surface area contributed by atoms with Crippen LogP contribution in [-0.4, -0.2) is 19.1 Å². The predicted octanol–water partition coefficient (Wildman–Crippen LogP) is 2.39. The summed E-state index contributed by atoms with van der Waals surface area (Å²) in [6.45, 7) is 2.77. The number of anilines is 1. The molecule has 0 radical (unpaired) electrons. The Morgan fingerprint density at radius 2 is 2.00 bits per heavy atom. The molecule has 4 heteroatoms. The summed E-state index contributed by atoms with van der Waals surface area (Å²) in [5, 5.41) is 2.81. The van der Waals surface area contributed by atoms with Crippen molar-refractivity contribution in [2.24, 2.45) is 0 Å². The van der Waals surface area contributed by atoms with E-state index in [0.29, 0.717) is 30.2 Å². The molecule has 104 valence electrons. The summed E-state index contributed by atoms with van der Waals surface area (Å²) in [6.07, 6.45) is 0. The van der Waals surface area contributed by atoms with Gasteiger partial charge in [-0.2, -0.15) is 0 Å². The van der Waals surface area contributed by atoms with Crippen LogP contribution in [0.3, 0.4) is 0 Å². The van der Waals surface area contributed by atoms with Gasteiger partial charge in [-0.3, -0.25) is 4.79 Å². The van der Waals surface area contributed by atoms with E-state index in [1.165, 1.54) is 0 Å². The third-order valence-electron chi connectivity index (χ3n) is 2.84. The number of para-hydroxylation sites is 2. The number of nitrogens with two attached hydrogens (primary N) is 1. The highest BCUT2D eigenvalue weighted by Crippen LogP contribution is 2.19. The molecular weight excluding hydrogens is 252 g/mol. The highest BCUT2D eigenvalue weighted by atomic mass is 16.5. The van der Waals surface area contributed by atoms with E-state index in [0.717, 1.165) is 5.56 Å². The number of hydrogen-bond donors (Lipinski definition) is 2. The van der Waals surface area contributed by atoms with Crippen LogP contribution in [0.4, 0.5) is 5.69 Å². The molecule has 0 saturated heterocycles. The fourth-order valence-corrected chi connectivity index (χ4v) is 1.83. The number of nitrogens with one attached hydrogen (secondary N) is 1. The van der Waals surface area contributed by atoms with Gasteiger partial charge in [0.05, 0.1) is 12.2 Å². The average molecular weight is 270 g/mol. The first kappa shape index (κ1) is 13.9. The van der Waals surface area contributed by atoms with Crippen molar-refractivity contribution in [2.45, 2.75) is 6.92 Å². The van der Waals surface area contributed by atoms with Crippen molar-refractivity contribution in [3.63, 3.8) is 0 Å². The second kappa shape index (κ2) is 6.61. The summed E-state index contributed by atoms with van der Waals surface area (Å²) in [6, 6.07) is 14.8. The van der Waals surface area contributed by atoms with Gasteiger partial charge in [0.15, 0.2) is 0 Å². The van der Waals surface area contributed by atoms with Crippen LogP contribution in [-0.2, 0) is 0 Å². The number of carbonyl (C=O) groups excluding carboxylic acids is 1. The molecule has 0 atom stereocenters. The lowest BCUT2D eigenvalue weighted by Gasteiger charge is -2.09. The quantitative estimate of drug-likeness (QED) is 0.647. The van der Waals surface area contributed by atoms with Crippen LogP contribution in [0.15, 0.2) is 48.5 Å². The van der Waals surface area contributed by atoms with Gasteiger partial charge in [0.1, 0.15) is 12.4 Å². The molecule has 2 aromatic rings. The molecule has 0 aliphatic heterocycles. The van der Waals surface area contributed by atoms with E-state index in [4.69, 9.17) is 10.5 Å².